The molecule has 0 aliphatic heterocycles. The van der Waals surface area contributed by atoms with Crippen LogP contribution in [0.1, 0.15) is 37.7 Å². The molecule has 1 N–H and O–H groups in total. The van der Waals surface area contributed by atoms with Crippen LogP contribution >= 0.6 is 0 Å². The van der Waals surface area contributed by atoms with E-state index >= 15 is 0 Å². The molecule has 0 bridgehead atoms. The minimum Gasteiger partial charge on any atom is -0.392 e. The van der Waals surface area contributed by atoms with Gasteiger partial charge in [-0.15, -0.1) is 0 Å². The maximum atomic E-state index is 13.5. The molecule has 0 heterocycles. The summed E-state index contributed by atoms with van der Waals surface area (Å²) >= 11 is 0. The molecule has 1 unspecified atom stereocenters. The first kappa shape index (κ1) is 14.5. The number of benzene rings is 1. The normalized spacial score (nSPS) is 18.1. The maximum Gasteiger partial charge on any atom is 0.127 e. The molecule has 0 spiro atoms. The molecule has 1 aliphatic carbocycles. The zero-order chi connectivity index (χ0) is 13.7. The van der Waals surface area contributed by atoms with E-state index in [-0.39, 0.29) is 11.9 Å². The molecule has 0 saturated heterocycles. The second-order valence-corrected chi connectivity index (χ2v) is 5.83. The van der Waals surface area contributed by atoms with Crippen molar-refractivity contribution in [1.29, 1.82) is 0 Å². The molecule has 1 fully saturated rings. The third-order valence-corrected chi connectivity index (χ3v) is 4.00. The Labute approximate surface area is 115 Å². The summed E-state index contributed by atoms with van der Waals surface area (Å²) in [6.07, 6.45) is 5.73. The van der Waals surface area contributed by atoms with Crippen LogP contribution in [0.25, 0.3) is 0 Å². The van der Waals surface area contributed by atoms with Crippen LogP contribution in [0.5, 0.6) is 0 Å². The fraction of sp³-hybridized carbons (Fsp3) is 0.625. The summed E-state index contributed by atoms with van der Waals surface area (Å²) in [4.78, 5) is 2.00. The SMILES string of the molecule is CN(Cc1ccccc1F)CC(O)CC1CCCC1. The van der Waals surface area contributed by atoms with Gasteiger partial charge in [0.25, 0.3) is 0 Å². The summed E-state index contributed by atoms with van der Waals surface area (Å²) in [5.74, 6) is 0.525. The summed E-state index contributed by atoms with van der Waals surface area (Å²) in [5, 5.41) is 10.1. The zero-order valence-electron chi connectivity index (χ0n) is 11.7. The molecule has 0 amide bonds. The van der Waals surface area contributed by atoms with Crippen molar-refractivity contribution >= 4 is 0 Å². The Hall–Kier alpha value is -0.930. The summed E-state index contributed by atoms with van der Waals surface area (Å²) in [6, 6.07) is 6.84. The lowest BCUT2D eigenvalue weighted by atomic mass is 10.00. The summed E-state index contributed by atoms with van der Waals surface area (Å²) in [7, 11) is 1.93. The lowest BCUT2D eigenvalue weighted by molar-refractivity contribution is 0.0990. The van der Waals surface area contributed by atoms with E-state index in [1.165, 1.54) is 31.7 Å². The molecule has 106 valence electrons. The largest absolute Gasteiger partial charge is 0.392 e. The van der Waals surface area contributed by atoms with E-state index in [1.54, 1.807) is 12.1 Å². The smallest absolute Gasteiger partial charge is 0.127 e. The highest BCUT2D eigenvalue weighted by Crippen LogP contribution is 2.28. The van der Waals surface area contributed by atoms with Gasteiger partial charge < -0.3 is 5.11 Å². The van der Waals surface area contributed by atoms with Crippen molar-refractivity contribution in [1.82, 2.24) is 4.90 Å². The number of hydrogen-bond donors (Lipinski definition) is 1. The highest BCUT2D eigenvalue weighted by Gasteiger charge is 2.19. The summed E-state index contributed by atoms with van der Waals surface area (Å²) in [5.41, 5.74) is 0.693. The van der Waals surface area contributed by atoms with Crippen molar-refractivity contribution < 1.29 is 9.50 Å². The fourth-order valence-corrected chi connectivity index (χ4v) is 3.05. The van der Waals surface area contributed by atoms with Crippen molar-refractivity contribution in [3.05, 3.63) is 35.6 Å². The lowest BCUT2D eigenvalue weighted by Gasteiger charge is -2.22. The molecule has 1 aliphatic rings. The Balaban J connectivity index is 1.77. The van der Waals surface area contributed by atoms with Gasteiger partial charge in [-0.2, -0.15) is 0 Å². The van der Waals surface area contributed by atoms with Gasteiger partial charge in [-0.1, -0.05) is 43.9 Å². The van der Waals surface area contributed by atoms with Gasteiger partial charge in [0.15, 0.2) is 0 Å². The van der Waals surface area contributed by atoms with Gasteiger partial charge in [-0.25, -0.2) is 4.39 Å². The zero-order valence-corrected chi connectivity index (χ0v) is 11.7. The Morgan fingerprint density at radius 2 is 2.00 bits per heavy atom. The van der Waals surface area contributed by atoms with Gasteiger partial charge in [-0.05, 0) is 25.5 Å². The number of nitrogens with zero attached hydrogens (tertiary/aromatic N) is 1. The number of aliphatic hydroxyl groups is 1. The van der Waals surface area contributed by atoms with Crippen LogP contribution in [0.2, 0.25) is 0 Å². The van der Waals surface area contributed by atoms with Gasteiger partial charge >= 0.3 is 0 Å². The standard InChI is InChI=1S/C16H24FNO/c1-18(11-14-8-4-5-9-16(14)17)12-15(19)10-13-6-2-3-7-13/h4-5,8-9,13,15,19H,2-3,6-7,10-12H2,1H3. The fourth-order valence-electron chi connectivity index (χ4n) is 3.05. The quantitative estimate of drug-likeness (QED) is 0.854. The number of aliphatic hydroxyl groups excluding tert-OH is 1. The Morgan fingerprint density at radius 3 is 2.68 bits per heavy atom. The molecule has 2 rings (SSSR count). The van der Waals surface area contributed by atoms with Gasteiger partial charge in [0.2, 0.25) is 0 Å². The van der Waals surface area contributed by atoms with E-state index in [4.69, 9.17) is 0 Å². The van der Waals surface area contributed by atoms with E-state index in [0.717, 1.165) is 6.42 Å². The lowest BCUT2D eigenvalue weighted by Crippen LogP contribution is -2.30. The van der Waals surface area contributed by atoms with E-state index in [1.807, 2.05) is 18.0 Å². The van der Waals surface area contributed by atoms with Crippen LogP contribution in [0.3, 0.4) is 0 Å². The van der Waals surface area contributed by atoms with E-state index in [2.05, 4.69) is 0 Å². The monoisotopic (exact) mass is 265 g/mol. The highest BCUT2D eigenvalue weighted by atomic mass is 19.1. The Kier molecular flexibility index (Phi) is 5.34. The molecular weight excluding hydrogens is 241 g/mol. The van der Waals surface area contributed by atoms with E-state index in [9.17, 15) is 9.50 Å². The van der Waals surface area contributed by atoms with Crippen molar-refractivity contribution in [2.24, 2.45) is 5.92 Å². The average molecular weight is 265 g/mol. The molecule has 1 saturated carbocycles. The minimum absolute atomic E-state index is 0.167. The predicted molar refractivity (Wildman–Crippen MR) is 75.3 cm³/mol. The van der Waals surface area contributed by atoms with Crippen molar-refractivity contribution in [3.8, 4) is 0 Å². The van der Waals surface area contributed by atoms with Crippen molar-refractivity contribution in [3.63, 3.8) is 0 Å². The molecule has 1 aromatic rings. The predicted octanol–water partition coefficient (Wildman–Crippen LogP) is 3.20. The number of halogens is 1. The van der Waals surface area contributed by atoms with Gasteiger partial charge in [-0.3, -0.25) is 4.90 Å². The molecule has 1 aromatic carbocycles. The first-order valence-electron chi connectivity index (χ1n) is 7.25. The first-order chi connectivity index (χ1) is 9.15. The molecule has 2 nitrogen and oxygen atoms in total. The second kappa shape index (κ2) is 7.01. The third kappa shape index (κ3) is 4.59. The Morgan fingerprint density at radius 1 is 1.32 bits per heavy atom. The molecule has 0 aromatic heterocycles. The van der Waals surface area contributed by atoms with Crippen LogP contribution < -0.4 is 0 Å². The number of rotatable bonds is 6. The third-order valence-electron chi connectivity index (χ3n) is 4.00. The van der Waals surface area contributed by atoms with Gasteiger partial charge in [0, 0.05) is 18.7 Å². The van der Waals surface area contributed by atoms with E-state index < -0.39 is 0 Å². The van der Waals surface area contributed by atoms with Crippen LogP contribution in [-0.4, -0.2) is 29.7 Å². The van der Waals surface area contributed by atoms with Crippen LogP contribution in [-0.2, 0) is 6.54 Å². The summed E-state index contributed by atoms with van der Waals surface area (Å²) in [6.45, 7) is 1.17. The molecule has 19 heavy (non-hydrogen) atoms. The summed E-state index contributed by atoms with van der Waals surface area (Å²) < 4.78 is 13.5. The topological polar surface area (TPSA) is 23.5 Å². The van der Waals surface area contributed by atoms with Crippen LogP contribution in [0.4, 0.5) is 4.39 Å². The number of likely N-dealkylation sites (N-methyl/N-ethyl adjacent to an activating group) is 1. The minimum atomic E-state index is -0.292. The maximum absolute atomic E-state index is 13.5. The van der Waals surface area contributed by atoms with Crippen LogP contribution in [0.15, 0.2) is 24.3 Å². The second-order valence-electron chi connectivity index (χ2n) is 5.83. The van der Waals surface area contributed by atoms with E-state index in [0.29, 0.717) is 24.6 Å². The molecule has 0 radical (unpaired) electrons. The van der Waals surface area contributed by atoms with Gasteiger partial charge in [0.1, 0.15) is 5.82 Å². The first-order valence-corrected chi connectivity index (χ1v) is 7.25. The average Bonchev–Trinajstić information content (AvgIpc) is 2.84. The Bertz CT molecular complexity index is 390. The highest BCUT2D eigenvalue weighted by molar-refractivity contribution is 5.16. The number of hydrogen-bond acceptors (Lipinski definition) is 2. The van der Waals surface area contributed by atoms with Crippen molar-refractivity contribution in [2.75, 3.05) is 13.6 Å². The molecule has 1 atom stereocenters. The molecule has 3 heteroatoms. The van der Waals surface area contributed by atoms with Gasteiger partial charge in [0.05, 0.1) is 6.10 Å². The van der Waals surface area contributed by atoms with Crippen LogP contribution in [0, 0.1) is 11.7 Å². The molecular formula is C16H24FNO. The van der Waals surface area contributed by atoms with Crippen molar-refractivity contribution in [2.45, 2.75) is 44.8 Å².